The summed E-state index contributed by atoms with van der Waals surface area (Å²) >= 11 is 0. The largest absolute Gasteiger partial charge is 0.507 e. The van der Waals surface area contributed by atoms with Gasteiger partial charge >= 0.3 is 0 Å². The second-order valence-corrected chi connectivity index (χ2v) is 7.88. The number of primary amides is 1. The Morgan fingerprint density at radius 3 is 2.48 bits per heavy atom. The molecule has 3 atom stereocenters. The first-order chi connectivity index (χ1) is 14.5. The Balaban J connectivity index is 1.98. The fourth-order valence-corrected chi connectivity index (χ4v) is 4.85. The van der Waals surface area contributed by atoms with Crippen molar-refractivity contribution in [1.29, 1.82) is 0 Å². The van der Waals surface area contributed by atoms with Gasteiger partial charge in [0, 0.05) is 5.57 Å². The van der Waals surface area contributed by atoms with Gasteiger partial charge in [0.15, 0.2) is 11.4 Å². The number of benzene rings is 1. The number of amides is 1. The van der Waals surface area contributed by atoms with Crippen molar-refractivity contribution in [3.05, 3.63) is 45.7 Å². The first kappa shape index (κ1) is 20.6. The molecule has 162 valence electrons. The van der Waals surface area contributed by atoms with Crippen LogP contribution in [0.4, 0.5) is 0 Å². The molecule has 0 spiro atoms. The summed E-state index contributed by atoms with van der Waals surface area (Å²) in [4.78, 5) is 43.0. The number of hydrogen-bond donors (Lipinski definition) is 5. The molecule has 0 heterocycles. The van der Waals surface area contributed by atoms with Crippen molar-refractivity contribution >= 4 is 28.9 Å². The Kier molecular flexibility index (Phi) is 4.44. The molecule has 10 heteroatoms. The highest BCUT2D eigenvalue weighted by atomic mass is 16.6. The van der Waals surface area contributed by atoms with E-state index in [0.29, 0.717) is 5.56 Å². The number of oxime groups is 1. The number of ketones is 2. The van der Waals surface area contributed by atoms with Crippen LogP contribution in [0.1, 0.15) is 23.1 Å². The van der Waals surface area contributed by atoms with Crippen molar-refractivity contribution in [2.75, 3.05) is 7.11 Å². The van der Waals surface area contributed by atoms with Crippen LogP contribution in [0.15, 0.2) is 34.2 Å². The van der Waals surface area contributed by atoms with Crippen LogP contribution in [0.2, 0.25) is 0 Å². The Morgan fingerprint density at radius 1 is 1.19 bits per heavy atom. The van der Waals surface area contributed by atoms with E-state index in [1.165, 1.54) is 6.07 Å². The number of phenolic OH excluding ortho intramolecular Hbond substituents is 1. The number of allylic oxidation sites excluding steroid dienone is 1. The summed E-state index contributed by atoms with van der Waals surface area (Å²) in [5.74, 6) is -7.50. The number of aromatic hydroxyl groups is 1. The minimum atomic E-state index is -2.83. The molecule has 0 aliphatic heterocycles. The molecule has 1 aromatic rings. The third-order valence-electron chi connectivity index (χ3n) is 6.31. The molecule has 10 nitrogen and oxygen atoms in total. The van der Waals surface area contributed by atoms with Gasteiger partial charge in [-0.15, -0.1) is 0 Å². The topological polar surface area (TPSA) is 180 Å². The van der Waals surface area contributed by atoms with Crippen LogP contribution in [0.25, 0.3) is 5.76 Å². The summed E-state index contributed by atoms with van der Waals surface area (Å²) in [6.07, 6.45) is 0.162. The molecule has 0 saturated heterocycles. The van der Waals surface area contributed by atoms with E-state index in [-0.39, 0.29) is 35.4 Å². The monoisotopic (exact) mass is 428 g/mol. The van der Waals surface area contributed by atoms with E-state index in [2.05, 4.69) is 5.16 Å². The van der Waals surface area contributed by atoms with Gasteiger partial charge in [0.05, 0.1) is 11.5 Å². The lowest BCUT2D eigenvalue weighted by Crippen LogP contribution is -2.64. The molecule has 4 rings (SSSR count). The zero-order chi connectivity index (χ0) is 22.8. The lowest BCUT2D eigenvalue weighted by Gasteiger charge is -2.45. The number of carbonyl (C=O) groups excluding carboxylic acids is 3. The SMILES string of the molecule is CO/N=C1\C(O)=C(C(N)=O)C(=O)[C@@]2(O)C(=O)C3=C(O)c4c(O)ccc(C)c4C[C@H]3C[C@@H]12. The quantitative estimate of drug-likeness (QED) is 0.254. The average molecular weight is 428 g/mol. The smallest absolute Gasteiger partial charge is 0.256 e. The van der Waals surface area contributed by atoms with Crippen LogP contribution in [-0.4, -0.2) is 56.3 Å². The van der Waals surface area contributed by atoms with Gasteiger partial charge in [-0.05, 0) is 42.9 Å². The second-order valence-electron chi connectivity index (χ2n) is 7.88. The molecule has 0 aromatic heterocycles. The number of aliphatic hydroxyl groups excluding tert-OH is 2. The molecule has 0 radical (unpaired) electrons. The summed E-state index contributed by atoms with van der Waals surface area (Å²) in [6, 6.07) is 3.04. The zero-order valence-electron chi connectivity index (χ0n) is 16.7. The fourth-order valence-electron chi connectivity index (χ4n) is 4.85. The number of Topliss-reactive ketones (excluding diaryl/α,β-unsaturated/α-hetero) is 2. The highest BCUT2D eigenvalue weighted by Gasteiger charge is 2.64. The van der Waals surface area contributed by atoms with Gasteiger partial charge in [-0.3, -0.25) is 14.4 Å². The van der Waals surface area contributed by atoms with Crippen molar-refractivity contribution in [1.82, 2.24) is 0 Å². The predicted octanol–water partition coefficient (Wildman–Crippen LogP) is 0.345. The molecule has 3 aliphatic rings. The Hall–Kier alpha value is -3.66. The van der Waals surface area contributed by atoms with Crippen LogP contribution in [0, 0.1) is 18.8 Å². The van der Waals surface area contributed by atoms with E-state index in [1.807, 2.05) is 0 Å². The van der Waals surface area contributed by atoms with Crippen LogP contribution in [0.3, 0.4) is 0 Å². The van der Waals surface area contributed by atoms with Gasteiger partial charge in [-0.25, -0.2) is 0 Å². The minimum absolute atomic E-state index is 0.0594. The number of hydrogen-bond acceptors (Lipinski definition) is 9. The Morgan fingerprint density at radius 2 is 1.87 bits per heavy atom. The number of nitrogens with zero attached hydrogens (tertiary/aromatic N) is 1. The number of rotatable bonds is 2. The van der Waals surface area contributed by atoms with Crippen molar-refractivity contribution < 1.29 is 39.6 Å². The number of nitrogens with two attached hydrogens (primary N) is 1. The summed E-state index contributed by atoms with van der Waals surface area (Å²) in [5, 5.41) is 46.6. The maximum atomic E-state index is 13.4. The molecule has 3 aliphatic carbocycles. The summed E-state index contributed by atoms with van der Waals surface area (Å²) in [6.45, 7) is 1.78. The molecule has 0 unspecified atom stereocenters. The van der Waals surface area contributed by atoms with Crippen LogP contribution < -0.4 is 5.73 Å². The van der Waals surface area contributed by atoms with Crippen molar-refractivity contribution in [3.8, 4) is 5.75 Å². The maximum Gasteiger partial charge on any atom is 0.256 e. The third-order valence-corrected chi connectivity index (χ3v) is 6.31. The summed E-state index contributed by atoms with van der Waals surface area (Å²) < 4.78 is 0. The second kappa shape index (κ2) is 6.67. The molecule has 1 aromatic carbocycles. The van der Waals surface area contributed by atoms with Crippen molar-refractivity contribution in [3.63, 3.8) is 0 Å². The third kappa shape index (κ3) is 2.54. The standard InChI is InChI=1S/C21H20N2O8/c1-7-3-4-11(24)13-9(7)5-8-6-10-15(23-31-2)17(26)14(20(22)29)19(28)21(10,30)18(27)12(8)16(13)25/h3-4,8,10,24-26,30H,5-6H2,1-2H3,(H2,22,29)/b23-15-/t8-,10-,21-/m0/s1. The Bertz CT molecular complexity index is 1160. The molecule has 1 amide bonds. The van der Waals surface area contributed by atoms with E-state index in [9.17, 15) is 34.8 Å². The first-order valence-corrected chi connectivity index (χ1v) is 9.46. The van der Waals surface area contributed by atoms with E-state index in [0.717, 1.165) is 12.7 Å². The van der Waals surface area contributed by atoms with Crippen LogP contribution >= 0.6 is 0 Å². The molecular formula is C21H20N2O8. The lowest BCUT2D eigenvalue weighted by molar-refractivity contribution is -0.153. The normalized spacial score (nSPS) is 28.9. The van der Waals surface area contributed by atoms with Crippen LogP contribution in [-0.2, 0) is 25.6 Å². The lowest BCUT2D eigenvalue weighted by atomic mass is 9.58. The number of aryl methyl sites for hydroxylation is 1. The molecule has 31 heavy (non-hydrogen) atoms. The number of fused-ring (bicyclic) bond motifs is 3. The minimum Gasteiger partial charge on any atom is -0.507 e. The fraction of sp³-hybridized carbons (Fsp3) is 0.333. The van der Waals surface area contributed by atoms with Gasteiger partial charge in [-0.2, -0.15) is 0 Å². The highest BCUT2D eigenvalue weighted by molar-refractivity contribution is 6.38. The first-order valence-electron chi connectivity index (χ1n) is 9.46. The average Bonchev–Trinajstić information content (AvgIpc) is 2.70. The zero-order valence-corrected chi connectivity index (χ0v) is 16.7. The van der Waals surface area contributed by atoms with E-state index < -0.39 is 52.0 Å². The van der Waals surface area contributed by atoms with Gasteiger partial charge in [0.25, 0.3) is 5.91 Å². The molecule has 6 N–H and O–H groups in total. The number of phenols is 1. The van der Waals surface area contributed by atoms with E-state index >= 15 is 0 Å². The Labute approximate surface area is 175 Å². The number of carbonyl (C=O) groups is 3. The molecule has 1 fully saturated rings. The summed E-state index contributed by atoms with van der Waals surface area (Å²) in [5.41, 5.74) is 2.26. The van der Waals surface area contributed by atoms with Crippen LogP contribution in [0.5, 0.6) is 5.75 Å². The van der Waals surface area contributed by atoms with Gasteiger partial charge < -0.3 is 31.0 Å². The summed E-state index contributed by atoms with van der Waals surface area (Å²) in [7, 11) is 1.16. The van der Waals surface area contributed by atoms with Gasteiger partial charge in [0.1, 0.15) is 29.9 Å². The molecule has 0 bridgehead atoms. The maximum absolute atomic E-state index is 13.4. The van der Waals surface area contributed by atoms with Crippen molar-refractivity contribution in [2.24, 2.45) is 22.7 Å². The van der Waals surface area contributed by atoms with Gasteiger partial charge in [0.2, 0.25) is 11.6 Å². The van der Waals surface area contributed by atoms with E-state index in [4.69, 9.17) is 10.6 Å². The van der Waals surface area contributed by atoms with Crippen molar-refractivity contribution in [2.45, 2.75) is 25.4 Å². The van der Waals surface area contributed by atoms with Gasteiger partial charge in [-0.1, -0.05) is 11.2 Å². The molecule has 1 saturated carbocycles. The van der Waals surface area contributed by atoms with E-state index in [1.54, 1.807) is 13.0 Å². The molecular weight excluding hydrogens is 408 g/mol. The highest BCUT2D eigenvalue weighted by Crippen LogP contribution is 2.50. The number of aliphatic hydroxyl groups is 3. The predicted molar refractivity (Wildman–Crippen MR) is 106 cm³/mol.